The van der Waals surface area contributed by atoms with E-state index in [0.29, 0.717) is 0 Å². The average Bonchev–Trinajstić information content (AvgIpc) is 3.79. The standard InChI is InChI=1S/C50H33N3/c1-50(2)43-28-38-35-18-9-7-16-33(35)32-15-6-8-17-34(32)37(38)26-39(43)40-27-42-48(29-44(40)50)53(47-21-12-24-51-49(42)47)31-22-23-46-41(25-31)36-19-10-11-20-45(36)52(46)30-13-4-3-5-14-30/h3-29H,1-2H3. The van der Waals surface area contributed by atoms with Crippen LogP contribution in [0.15, 0.2) is 164 Å². The fourth-order valence-electron chi connectivity index (χ4n) is 9.69. The van der Waals surface area contributed by atoms with Crippen LogP contribution in [-0.4, -0.2) is 14.1 Å². The number of nitrogens with zero attached hydrogens (tertiary/aromatic N) is 3. The van der Waals surface area contributed by atoms with E-state index in [1.807, 2.05) is 6.20 Å². The Morgan fingerprint density at radius 1 is 0.377 bits per heavy atom. The number of fused-ring (bicyclic) bond motifs is 15. The average molecular weight is 676 g/mol. The SMILES string of the molecule is CC1(C)c2cc3c4ccccc4c4ccccc4c3cc2-c2cc3c4ncccc4n(-c4ccc5c(c4)c4ccccc4n5-c4ccccc4)c3cc21. The van der Waals surface area contributed by atoms with Crippen LogP contribution in [0.3, 0.4) is 0 Å². The summed E-state index contributed by atoms with van der Waals surface area (Å²) in [4.78, 5) is 5.03. The monoisotopic (exact) mass is 675 g/mol. The van der Waals surface area contributed by atoms with Crippen LogP contribution in [0.4, 0.5) is 0 Å². The highest BCUT2D eigenvalue weighted by molar-refractivity contribution is 6.26. The molecule has 0 atom stereocenters. The molecule has 0 bridgehead atoms. The zero-order chi connectivity index (χ0) is 35.0. The minimum absolute atomic E-state index is 0.193. The molecule has 53 heavy (non-hydrogen) atoms. The van der Waals surface area contributed by atoms with Gasteiger partial charge in [0, 0.05) is 39.1 Å². The van der Waals surface area contributed by atoms with E-state index in [1.54, 1.807) is 0 Å². The van der Waals surface area contributed by atoms with Crippen molar-refractivity contribution in [1.29, 1.82) is 0 Å². The van der Waals surface area contributed by atoms with E-state index in [-0.39, 0.29) is 5.41 Å². The van der Waals surface area contributed by atoms with Gasteiger partial charge in [-0.05, 0) is 127 Å². The first-order valence-electron chi connectivity index (χ1n) is 18.5. The minimum atomic E-state index is -0.193. The first kappa shape index (κ1) is 28.9. The van der Waals surface area contributed by atoms with Gasteiger partial charge in [0.2, 0.25) is 0 Å². The first-order chi connectivity index (χ1) is 26.1. The number of para-hydroxylation sites is 2. The van der Waals surface area contributed by atoms with Crippen molar-refractivity contribution in [3.63, 3.8) is 0 Å². The number of pyridine rings is 1. The maximum Gasteiger partial charge on any atom is 0.0963 e. The Morgan fingerprint density at radius 3 is 1.66 bits per heavy atom. The number of benzene rings is 8. The van der Waals surface area contributed by atoms with Crippen molar-refractivity contribution in [2.75, 3.05) is 0 Å². The van der Waals surface area contributed by atoms with Crippen molar-refractivity contribution in [3.8, 4) is 22.5 Å². The van der Waals surface area contributed by atoms with Crippen LogP contribution in [0.25, 0.3) is 98.6 Å². The lowest BCUT2D eigenvalue weighted by atomic mass is 9.81. The molecule has 0 aliphatic heterocycles. The van der Waals surface area contributed by atoms with E-state index in [2.05, 4.69) is 181 Å². The van der Waals surface area contributed by atoms with Gasteiger partial charge in [0.1, 0.15) is 0 Å². The topological polar surface area (TPSA) is 22.8 Å². The third kappa shape index (κ3) is 3.76. The molecule has 3 heteroatoms. The Kier molecular flexibility index (Phi) is 5.57. The summed E-state index contributed by atoms with van der Waals surface area (Å²) < 4.78 is 4.81. The van der Waals surface area contributed by atoms with Gasteiger partial charge in [0.15, 0.2) is 0 Å². The lowest BCUT2D eigenvalue weighted by Gasteiger charge is -2.22. The lowest BCUT2D eigenvalue weighted by Crippen LogP contribution is -2.15. The maximum absolute atomic E-state index is 5.03. The predicted molar refractivity (Wildman–Crippen MR) is 223 cm³/mol. The van der Waals surface area contributed by atoms with Crippen molar-refractivity contribution in [1.82, 2.24) is 14.1 Å². The van der Waals surface area contributed by atoms with Crippen molar-refractivity contribution in [3.05, 3.63) is 175 Å². The highest BCUT2D eigenvalue weighted by Gasteiger charge is 2.37. The van der Waals surface area contributed by atoms with Crippen molar-refractivity contribution in [2.45, 2.75) is 19.3 Å². The number of hydrogen-bond donors (Lipinski definition) is 0. The molecule has 0 radical (unpaired) electrons. The summed E-state index contributed by atoms with van der Waals surface area (Å²) >= 11 is 0. The second-order valence-corrected chi connectivity index (χ2v) is 15.2. The molecule has 0 saturated carbocycles. The molecule has 0 N–H and O–H groups in total. The smallest absolute Gasteiger partial charge is 0.0963 e. The van der Waals surface area contributed by atoms with Crippen LogP contribution >= 0.6 is 0 Å². The van der Waals surface area contributed by atoms with Gasteiger partial charge in [-0.2, -0.15) is 0 Å². The highest BCUT2D eigenvalue weighted by Crippen LogP contribution is 2.53. The van der Waals surface area contributed by atoms with Gasteiger partial charge in [-0.1, -0.05) is 98.8 Å². The van der Waals surface area contributed by atoms with Crippen molar-refractivity contribution in [2.24, 2.45) is 0 Å². The van der Waals surface area contributed by atoms with Gasteiger partial charge < -0.3 is 9.13 Å². The van der Waals surface area contributed by atoms with Crippen LogP contribution in [0, 0.1) is 0 Å². The third-order valence-electron chi connectivity index (χ3n) is 12.1. The molecule has 8 aromatic carbocycles. The van der Waals surface area contributed by atoms with Gasteiger partial charge in [-0.25, -0.2) is 0 Å². The molecular weight excluding hydrogens is 643 g/mol. The van der Waals surface area contributed by atoms with Crippen LogP contribution < -0.4 is 0 Å². The summed E-state index contributed by atoms with van der Waals surface area (Å²) in [6.07, 6.45) is 1.93. The largest absolute Gasteiger partial charge is 0.309 e. The summed E-state index contributed by atoms with van der Waals surface area (Å²) in [5.74, 6) is 0. The number of rotatable bonds is 2. The zero-order valence-electron chi connectivity index (χ0n) is 29.4. The highest BCUT2D eigenvalue weighted by atomic mass is 15.0. The maximum atomic E-state index is 5.03. The second-order valence-electron chi connectivity index (χ2n) is 15.2. The number of hydrogen-bond acceptors (Lipinski definition) is 1. The molecule has 3 heterocycles. The summed E-state index contributed by atoms with van der Waals surface area (Å²) in [6, 6.07) is 58.3. The summed E-state index contributed by atoms with van der Waals surface area (Å²) in [5.41, 5.74) is 13.2. The van der Waals surface area contributed by atoms with Gasteiger partial charge in [-0.15, -0.1) is 0 Å². The molecule has 3 nitrogen and oxygen atoms in total. The van der Waals surface area contributed by atoms with E-state index >= 15 is 0 Å². The molecule has 0 saturated heterocycles. The summed E-state index contributed by atoms with van der Waals surface area (Å²) in [7, 11) is 0. The molecule has 0 spiro atoms. The second kappa shape index (κ2) is 10.2. The van der Waals surface area contributed by atoms with E-state index in [4.69, 9.17) is 4.98 Å². The first-order valence-corrected chi connectivity index (χ1v) is 18.5. The van der Waals surface area contributed by atoms with Gasteiger partial charge in [0.05, 0.1) is 27.6 Å². The molecule has 1 aliphatic carbocycles. The predicted octanol–water partition coefficient (Wildman–Crippen LogP) is 13.0. The third-order valence-corrected chi connectivity index (χ3v) is 12.1. The Hall–Kier alpha value is -6.71. The number of aromatic nitrogens is 3. The molecule has 3 aromatic heterocycles. The fraction of sp³-hybridized carbons (Fsp3) is 0.0600. The van der Waals surface area contributed by atoms with E-state index in [1.165, 1.54) is 93.0 Å². The van der Waals surface area contributed by atoms with Crippen molar-refractivity contribution >= 4 is 76.1 Å². The lowest BCUT2D eigenvalue weighted by molar-refractivity contribution is 0.662. The molecule has 0 fully saturated rings. The molecule has 0 amide bonds. The van der Waals surface area contributed by atoms with Gasteiger partial charge in [0.25, 0.3) is 0 Å². The summed E-state index contributed by atoms with van der Waals surface area (Å²) in [5, 5.41) is 11.5. The molecule has 0 unspecified atom stereocenters. The quantitative estimate of drug-likeness (QED) is 0.167. The van der Waals surface area contributed by atoms with Crippen LogP contribution in [0.2, 0.25) is 0 Å². The zero-order valence-corrected chi connectivity index (χ0v) is 29.4. The Bertz CT molecular complexity index is 3360. The van der Waals surface area contributed by atoms with Crippen LogP contribution in [-0.2, 0) is 5.41 Å². The normalized spacial score (nSPS) is 13.6. The molecule has 11 aromatic rings. The molecule has 1 aliphatic rings. The summed E-state index contributed by atoms with van der Waals surface area (Å²) in [6.45, 7) is 4.79. The molecule has 12 rings (SSSR count). The van der Waals surface area contributed by atoms with Crippen LogP contribution in [0.5, 0.6) is 0 Å². The Morgan fingerprint density at radius 2 is 0.925 bits per heavy atom. The Balaban J connectivity index is 1.14. The Labute approximate surface area is 306 Å². The van der Waals surface area contributed by atoms with Gasteiger partial charge >= 0.3 is 0 Å². The van der Waals surface area contributed by atoms with E-state index < -0.39 is 0 Å². The molecular formula is C50H33N3. The van der Waals surface area contributed by atoms with Crippen LogP contribution in [0.1, 0.15) is 25.0 Å². The molecule has 248 valence electrons. The van der Waals surface area contributed by atoms with Gasteiger partial charge in [-0.3, -0.25) is 4.98 Å². The van der Waals surface area contributed by atoms with E-state index in [9.17, 15) is 0 Å². The van der Waals surface area contributed by atoms with E-state index in [0.717, 1.165) is 16.7 Å². The fourth-order valence-corrected chi connectivity index (χ4v) is 9.69. The van der Waals surface area contributed by atoms with Crippen molar-refractivity contribution < 1.29 is 0 Å². The minimum Gasteiger partial charge on any atom is -0.309 e.